The summed E-state index contributed by atoms with van der Waals surface area (Å²) in [5.41, 5.74) is 0. The zero-order chi connectivity index (χ0) is 7.73. The molecule has 2 rings (SSSR count). The highest BCUT2D eigenvalue weighted by Gasteiger charge is 2.40. The largest absolute Gasteiger partial charge is 0.363 e. The molecule has 3 heteroatoms. The monoisotopic (exact) mass is 173 g/mol. The van der Waals surface area contributed by atoms with Crippen molar-refractivity contribution >= 4 is 11.8 Å². The minimum atomic E-state index is 0.199. The average Bonchev–Trinajstić information content (AvgIpc) is 2.34. The Kier molecular flexibility index (Phi) is 2.12. The topological polar surface area (TPSA) is 21.3 Å². The van der Waals surface area contributed by atoms with E-state index in [1.165, 1.54) is 12.8 Å². The van der Waals surface area contributed by atoms with Gasteiger partial charge >= 0.3 is 0 Å². The van der Waals surface area contributed by atoms with Crippen LogP contribution in [0, 0.1) is 0 Å². The van der Waals surface area contributed by atoms with Gasteiger partial charge < -0.3 is 10.1 Å². The minimum absolute atomic E-state index is 0.199. The lowest BCUT2D eigenvalue weighted by molar-refractivity contribution is 0.0246. The van der Waals surface area contributed by atoms with Gasteiger partial charge in [-0.05, 0) is 25.9 Å². The third-order valence-corrected chi connectivity index (χ3v) is 3.86. The van der Waals surface area contributed by atoms with Crippen LogP contribution in [-0.4, -0.2) is 29.9 Å². The van der Waals surface area contributed by atoms with E-state index in [1.54, 1.807) is 0 Å². The van der Waals surface area contributed by atoms with E-state index in [0.717, 1.165) is 19.7 Å². The van der Waals surface area contributed by atoms with Crippen molar-refractivity contribution in [2.45, 2.75) is 29.9 Å². The Bertz CT molecular complexity index is 140. The second-order valence-corrected chi connectivity index (χ2v) is 5.18. The van der Waals surface area contributed by atoms with Crippen molar-refractivity contribution in [3.8, 4) is 0 Å². The van der Waals surface area contributed by atoms with Gasteiger partial charge in [0.05, 0.1) is 6.61 Å². The molecule has 1 atom stereocenters. The van der Waals surface area contributed by atoms with Crippen LogP contribution in [0.4, 0.5) is 0 Å². The van der Waals surface area contributed by atoms with Crippen LogP contribution >= 0.6 is 11.8 Å². The molecule has 0 radical (unpaired) electrons. The lowest BCUT2D eigenvalue weighted by Gasteiger charge is -2.31. The quantitative estimate of drug-likeness (QED) is 0.595. The first-order chi connectivity index (χ1) is 5.31. The molecule has 2 nitrogen and oxygen atoms in total. The van der Waals surface area contributed by atoms with Crippen LogP contribution in [-0.2, 0) is 4.74 Å². The molecule has 0 aromatic carbocycles. The number of thioether (sulfide) groups is 1. The highest BCUT2D eigenvalue weighted by atomic mass is 32.2. The lowest BCUT2D eigenvalue weighted by Crippen LogP contribution is -2.39. The van der Waals surface area contributed by atoms with E-state index < -0.39 is 0 Å². The summed E-state index contributed by atoms with van der Waals surface area (Å²) < 4.78 is 5.82. The molecule has 64 valence electrons. The summed E-state index contributed by atoms with van der Waals surface area (Å²) in [6, 6.07) is 0. The van der Waals surface area contributed by atoms with Gasteiger partial charge in [-0.3, -0.25) is 0 Å². The summed E-state index contributed by atoms with van der Waals surface area (Å²) >= 11 is 2.03. The van der Waals surface area contributed by atoms with Crippen molar-refractivity contribution in [3.63, 3.8) is 0 Å². The van der Waals surface area contributed by atoms with E-state index >= 15 is 0 Å². The maximum atomic E-state index is 5.82. The molecule has 0 aliphatic carbocycles. The number of piperidine rings is 1. The fourth-order valence-electron chi connectivity index (χ4n) is 1.77. The van der Waals surface area contributed by atoms with Gasteiger partial charge in [-0.2, -0.15) is 0 Å². The van der Waals surface area contributed by atoms with E-state index in [-0.39, 0.29) is 4.93 Å². The van der Waals surface area contributed by atoms with Gasteiger partial charge in [0.15, 0.2) is 0 Å². The first-order valence-electron chi connectivity index (χ1n) is 4.33. The normalized spacial score (nSPS) is 36.3. The maximum absolute atomic E-state index is 5.82. The van der Waals surface area contributed by atoms with E-state index in [1.807, 2.05) is 11.8 Å². The van der Waals surface area contributed by atoms with Crippen molar-refractivity contribution in [3.05, 3.63) is 0 Å². The van der Waals surface area contributed by atoms with Gasteiger partial charge in [0.25, 0.3) is 0 Å². The molecule has 0 amide bonds. The van der Waals surface area contributed by atoms with E-state index in [9.17, 15) is 0 Å². The summed E-state index contributed by atoms with van der Waals surface area (Å²) in [6.45, 7) is 5.45. The van der Waals surface area contributed by atoms with Crippen molar-refractivity contribution < 1.29 is 4.74 Å². The van der Waals surface area contributed by atoms with E-state index in [2.05, 4.69) is 12.2 Å². The Hall–Kier alpha value is 0.270. The highest BCUT2D eigenvalue weighted by Crippen LogP contribution is 2.43. The fourth-order valence-corrected chi connectivity index (χ4v) is 3.22. The molecule has 11 heavy (non-hydrogen) atoms. The van der Waals surface area contributed by atoms with Crippen LogP contribution in [0.3, 0.4) is 0 Å². The predicted molar refractivity (Wildman–Crippen MR) is 47.8 cm³/mol. The molecule has 2 aliphatic rings. The Morgan fingerprint density at radius 1 is 1.45 bits per heavy atom. The lowest BCUT2D eigenvalue weighted by atomic mass is 10.1. The third kappa shape index (κ3) is 1.55. The first-order valence-corrected chi connectivity index (χ1v) is 5.21. The Morgan fingerprint density at radius 3 is 2.73 bits per heavy atom. The van der Waals surface area contributed by atoms with Gasteiger partial charge in [-0.25, -0.2) is 0 Å². The molecule has 2 aliphatic heterocycles. The van der Waals surface area contributed by atoms with Crippen molar-refractivity contribution in [1.82, 2.24) is 5.32 Å². The van der Waals surface area contributed by atoms with E-state index in [0.29, 0.717) is 5.25 Å². The molecule has 0 aromatic rings. The number of nitrogens with one attached hydrogen (secondary N) is 1. The molecular formula is C8H15NOS. The maximum Gasteiger partial charge on any atom is 0.116 e. The molecule has 0 bridgehead atoms. The SMILES string of the molecule is CC1COC2(CCNCC2)S1. The van der Waals surface area contributed by atoms with Crippen molar-refractivity contribution in [2.24, 2.45) is 0 Å². The van der Waals surface area contributed by atoms with Gasteiger partial charge in [0.1, 0.15) is 4.93 Å². The van der Waals surface area contributed by atoms with Crippen molar-refractivity contribution in [2.75, 3.05) is 19.7 Å². The third-order valence-electron chi connectivity index (χ3n) is 2.36. The zero-order valence-electron chi connectivity index (χ0n) is 6.93. The molecule has 2 heterocycles. The second-order valence-electron chi connectivity index (χ2n) is 3.40. The first kappa shape index (κ1) is 7.90. The highest BCUT2D eigenvalue weighted by molar-refractivity contribution is 8.01. The van der Waals surface area contributed by atoms with Crippen LogP contribution in [0.2, 0.25) is 0 Å². The number of ether oxygens (including phenoxy) is 1. The molecule has 1 N–H and O–H groups in total. The Labute approximate surface area is 72.1 Å². The van der Waals surface area contributed by atoms with Gasteiger partial charge in [-0.1, -0.05) is 6.92 Å². The number of hydrogen-bond acceptors (Lipinski definition) is 3. The molecule has 2 fully saturated rings. The molecule has 1 unspecified atom stereocenters. The molecule has 0 saturated carbocycles. The summed E-state index contributed by atoms with van der Waals surface area (Å²) in [6.07, 6.45) is 2.37. The fraction of sp³-hybridized carbons (Fsp3) is 1.00. The van der Waals surface area contributed by atoms with Gasteiger partial charge in [0.2, 0.25) is 0 Å². The van der Waals surface area contributed by atoms with Crippen LogP contribution in [0.15, 0.2) is 0 Å². The standard InChI is InChI=1S/C8H15NOS/c1-7-6-10-8(11-7)2-4-9-5-3-8/h7,9H,2-6H2,1H3. The molecule has 2 saturated heterocycles. The number of hydrogen-bond donors (Lipinski definition) is 1. The Balaban J connectivity index is 1.98. The number of rotatable bonds is 0. The average molecular weight is 173 g/mol. The van der Waals surface area contributed by atoms with Crippen molar-refractivity contribution in [1.29, 1.82) is 0 Å². The molecular weight excluding hydrogens is 158 g/mol. The summed E-state index contributed by atoms with van der Waals surface area (Å²) in [5, 5.41) is 4.06. The summed E-state index contributed by atoms with van der Waals surface area (Å²) in [5.74, 6) is 0. The van der Waals surface area contributed by atoms with E-state index in [4.69, 9.17) is 4.74 Å². The second kappa shape index (κ2) is 2.96. The zero-order valence-corrected chi connectivity index (χ0v) is 7.75. The minimum Gasteiger partial charge on any atom is -0.363 e. The van der Waals surface area contributed by atoms with Crippen LogP contribution < -0.4 is 5.32 Å². The van der Waals surface area contributed by atoms with Crippen LogP contribution in [0.25, 0.3) is 0 Å². The molecule has 0 aromatic heterocycles. The predicted octanol–water partition coefficient (Wildman–Crippen LogP) is 1.22. The Morgan fingerprint density at radius 2 is 2.18 bits per heavy atom. The summed E-state index contributed by atoms with van der Waals surface area (Å²) in [4.78, 5) is 0.199. The smallest absolute Gasteiger partial charge is 0.116 e. The van der Waals surface area contributed by atoms with Gasteiger partial charge in [0, 0.05) is 5.25 Å². The van der Waals surface area contributed by atoms with Crippen LogP contribution in [0.5, 0.6) is 0 Å². The summed E-state index contributed by atoms with van der Waals surface area (Å²) in [7, 11) is 0. The molecule has 1 spiro atoms. The van der Waals surface area contributed by atoms with Crippen LogP contribution in [0.1, 0.15) is 19.8 Å². The van der Waals surface area contributed by atoms with Gasteiger partial charge in [-0.15, -0.1) is 11.8 Å².